The maximum atomic E-state index is 13.0. The third-order valence-corrected chi connectivity index (χ3v) is 5.91. The minimum Gasteiger partial charge on any atom is -0.481 e. The molecule has 3 fully saturated rings. The van der Waals surface area contributed by atoms with E-state index >= 15 is 0 Å². The molecule has 1 N–H and O–H groups in total. The maximum Gasteiger partial charge on any atom is 0.307 e. The van der Waals surface area contributed by atoms with Crippen molar-refractivity contribution in [3.8, 4) is 0 Å². The summed E-state index contributed by atoms with van der Waals surface area (Å²) < 4.78 is 0. The molecule has 2 aliphatic carbocycles. The topological polar surface area (TPSA) is 86.6 Å². The van der Waals surface area contributed by atoms with Crippen LogP contribution in [0.25, 0.3) is 0 Å². The number of carboxylic acids is 1. The third kappa shape index (κ3) is 2.52. The van der Waals surface area contributed by atoms with E-state index in [2.05, 4.69) is 14.9 Å². The van der Waals surface area contributed by atoms with Crippen molar-refractivity contribution < 1.29 is 14.7 Å². The van der Waals surface area contributed by atoms with Crippen LogP contribution in [0.4, 0.5) is 5.95 Å². The van der Waals surface area contributed by atoms with Crippen LogP contribution < -0.4 is 4.90 Å². The van der Waals surface area contributed by atoms with Crippen molar-refractivity contribution in [2.24, 2.45) is 23.7 Å². The summed E-state index contributed by atoms with van der Waals surface area (Å²) in [7, 11) is 0. The van der Waals surface area contributed by atoms with Crippen LogP contribution in [-0.4, -0.2) is 58.0 Å². The van der Waals surface area contributed by atoms with Crippen LogP contribution in [0.15, 0.2) is 18.5 Å². The Morgan fingerprint density at radius 2 is 1.62 bits per heavy atom. The molecule has 2 heterocycles. The Labute approximate surface area is 140 Å². The quantitative estimate of drug-likeness (QED) is 0.885. The van der Waals surface area contributed by atoms with E-state index in [1.807, 2.05) is 4.90 Å². The molecule has 0 radical (unpaired) electrons. The highest BCUT2D eigenvalue weighted by Crippen LogP contribution is 2.53. The molecule has 1 saturated heterocycles. The minimum atomic E-state index is -0.795. The first kappa shape index (κ1) is 15.4. The van der Waals surface area contributed by atoms with Gasteiger partial charge in [0.1, 0.15) is 0 Å². The predicted octanol–water partition coefficient (Wildman–Crippen LogP) is 0.872. The van der Waals surface area contributed by atoms with Gasteiger partial charge in [0.05, 0.1) is 11.8 Å². The average molecular weight is 330 g/mol. The summed E-state index contributed by atoms with van der Waals surface area (Å²) in [6.07, 6.45) is 6.30. The number of amides is 1. The molecular formula is C17H22N4O3. The van der Waals surface area contributed by atoms with Crippen LogP contribution >= 0.6 is 0 Å². The van der Waals surface area contributed by atoms with E-state index < -0.39 is 11.9 Å². The number of aromatic nitrogens is 2. The van der Waals surface area contributed by atoms with Crippen LogP contribution in [0.3, 0.4) is 0 Å². The summed E-state index contributed by atoms with van der Waals surface area (Å²) in [5, 5.41) is 9.55. The first-order chi connectivity index (χ1) is 11.6. The van der Waals surface area contributed by atoms with Gasteiger partial charge in [0.25, 0.3) is 0 Å². The highest BCUT2D eigenvalue weighted by molar-refractivity contribution is 5.86. The summed E-state index contributed by atoms with van der Waals surface area (Å²) in [5.74, 6) is -0.403. The van der Waals surface area contributed by atoms with Gasteiger partial charge in [-0.3, -0.25) is 9.59 Å². The predicted molar refractivity (Wildman–Crippen MR) is 86.3 cm³/mol. The summed E-state index contributed by atoms with van der Waals surface area (Å²) in [5.41, 5.74) is 0. The van der Waals surface area contributed by atoms with Crippen molar-refractivity contribution in [3.63, 3.8) is 0 Å². The molecule has 4 atom stereocenters. The van der Waals surface area contributed by atoms with Crippen LogP contribution in [0.1, 0.15) is 19.3 Å². The minimum absolute atomic E-state index is 0.0447. The Kier molecular flexibility index (Phi) is 3.86. The fourth-order valence-corrected chi connectivity index (χ4v) is 4.79. The summed E-state index contributed by atoms with van der Waals surface area (Å²) in [6, 6.07) is 1.78. The van der Waals surface area contributed by atoms with E-state index in [1.54, 1.807) is 18.5 Å². The Hall–Kier alpha value is -2.18. The number of carbonyl (C=O) groups is 2. The number of hydrogen-bond acceptors (Lipinski definition) is 5. The molecule has 1 aromatic rings. The fraction of sp³-hybridized carbons (Fsp3) is 0.647. The van der Waals surface area contributed by atoms with Crippen LogP contribution in [-0.2, 0) is 9.59 Å². The van der Waals surface area contributed by atoms with Gasteiger partial charge < -0.3 is 14.9 Å². The number of piperazine rings is 1. The lowest BCUT2D eigenvalue weighted by molar-refractivity contribution is -0.153. The molecule has 3 aliphatic rings. The van der Waals surface area contributed by atoms with Crippen molar-refractivity contribution in [1.82, 2.24) is 14.9 Å². The summed E-state index contributed by atoms with van der Waals surface area (Å²) >= 11 is 0. The molecule has 1 aliphatic heterocycles. The van der Waals surface area contributed by atoms with Crippen molar-refractivity contribution >= 4 is 17.8 Å². The molecule has 4 rings (SSSR count). The molecule has 2 saturated carbocycles. The van der Waals surface area contributed by atoms with Gasteiger partial charge in [0.2, 0.25) is 11.9 Å². The molecule has 1 amide bonds. The molecule has 7 heteroatoms. The van der Waals surface area contributed by atoms with Gasteiger partial charge in [-0.05, 0) is 37.2 Å². The number of rotatable bonds is 3. The first-order valence-corrected chi connectivity index (χ1v) is 8.68. The summed E-state index contributed by atoms with van der Waals surface area (Å²) in [6.45, 7) is 2.59. The summed E-state index contributed by atoms with van der Waals surface area (Å²) in [4.78, 5) is 37.0. The van der Waals surface area contributed by atoms with Crippen molar-refractivity contribution in [1.29, 1.82) is 0 Å². The number of fused-ring (bicyclic) bond motifs is 2. The molecule has 1 aromatic heterocycles. The zero-order valence-corrected chi connectivity index (χ0v) is 13.5. The molecule has 2 bridgehead atoms. The van der Waals surface area contributed by atoms with Crippen LogP contribution in [0, 0.1) is 23.7 Å². The standard InChI is InChI=1S/C17H22N4O3/c22-15(13-11-2-3-12(10-11)14(13)16(23)24)20-6-8-21(9-7-20)17-18-4-1-5-19-17/h1,4-5,11-14H,2-3,6-10H2,(H,23,24)/t11-,12-,13-,14-/m0/s1. The number of hydrogen-bond donors (Lipinski definition) is 1. The Morgan fingerprint density at radius 1 is 1.00 bits per heavy atom. The molecule has 7 nitrogen and oxygen atoms in total. The maximum absolute atomic E-state index is 13.0. The normalized spacial score (nSPS) is 32.2. The van der Waals surface area contributed by atoms with Gasteiger partial charge in [0.15, 0.2) is 0 Å². The zero-order chi connectivity index (χ0) is 16.7. The zero-order valence-electron chi connectivity index (χ0n) is 13.5. The number of aliphatic carboxylic acids is 1. The number of anilines is 1. The van der Waals surface area contributed by atoms with Gasteiger partial charge in [-0.25, -0.2) is 9.97 Å². The van der Waals surface area contributed by atoms with Crippen molar-refractivity contribution in [3.05, 3.63) is 18.5 Å². The van der Waals surface area contributed by atoms with E-state index in [0.717, 1.165) is 19.3 Å². The highest BCUT2D eigenvalue weighted by Gasteiger charge is 2.54. The number of nitrogens with zero attached hydrogens (tertiary/aromatic N) is 4. The van der Waals surface area contributed by atoms with Gasteiger partial charge >= 0.3 is 5.97 Å². The first-order valence-electron chi connectivity index (χ1n) is 8.68. The third-order valence-electron chi connectivity index (χ3n) is 5.91. The Balaban J connectivity index is 1.42. The lowest BCUT2D eigenvalue weighted by Gasteiger charge is -2.38. The molecular weight excluding hydrogens is 308 g/mol. The van der Waals surface area contributed by atoms with E-state index in [-0.39, 0.29) is 23.7 Å². The van der Waals surface area contributed by atoms with Crippen molar-refractivity contribution in [2.75, 3.05) is 31.1 Å². The molecule has 128 valence electrons. The number of carbonyl (C=O) groups excluding carboxylic acids is 1. The van der Waals surface area contributed by atoms with Gasteiger partial charge in [0, 0.05) is 38.6 Å². The van der Waals surface area contributed by atoms with Gasteiger partial charge in [-0.2, -0.15) is 0 Å². The molecule has 0 spiro atoms. The van der Waals surface area contributed by atoms with Crippen molar-refractivity contribution in [2.45, 2.75) is 19.3 Å². The number of carboxylic acid groups (broad SMARTS) is 1. The fourth-order valence-electron chi connectivity index (χ4n) is 4.79. The van der Waals surface area contributed by atoms with Crippen LogP contribution in [0.2, 0.25) is 0 Å². The van der Waals surface area contributed by atoms with E-state index in [1.165, 1.54) is 0 Å². The van der Waals surface area contributed by atoms with E-state index in [4.69, 9.17) is 0 Å². The Morgan fingerprint density at radius 3 is 2.25 bits per heavy atom. The lowest BCUT2D eigenvalue weighted by atomic mass is 9.78. The average Bonchev–Trinajstić information content (AvgIpc) is 3.23. The van der Waals surface area contributed by atoms with Crippen LogP contribution in [0.5, 0.6) is 0 Å². The lowest BCUT2D eigenvalue weighted by Crippen LogP contribution is -2.52. The smallest absolute Gasteiger partial charge is 0.307 e. The van der Waals surface area contributed by atoms with E-state index in [9.17, 15) is 14.7 Å². The molecule has 24 heavy (non-hydrogen) atoms. The monoisotopic (exact) mass is 330 g/mol. The second-order valence-electron chi connectivity index (χ2n) is 7.08. The second-order valence-corrected chi connectivity index (χ2v) is 7.08. The van der Waals surface area contributed by atoms with Gasteiger partial charge in [-0.15, -0.1) is 0 Å². The Bertz CT molecular complexity index is 630. The molecule has 0 unspecified atom stereocenters. The largest absolute Gasteiger partial charge is 0.481 e. The van der Waals surface area contributed by atoms with Gasteiger partial charge in [-0.1, -0.05) is 0 Å². The SMILES string of the molecule is O=C(O)[C@H]1[C@H]2CC[C@@H](C2)[C@@H]1C(=O)N1CCN(c2ncccn2)CC1. The van der Waals surface area contributed by atoms with E-state index in [0.29, 0.717) is 32.1 Å². The second kappa shape index (κ2) is 6.03. The highest BCUT2D eigenvalue weighted by atomic mass is 16.4. The molecule has 0 aromatic carbocycles.